The molecule has 2 nitrogen and oxygen atoms in total. The molecule has 4 heteroatoms. The molecule has 0 bridgehead atoms. The van der Waals surface area contributed by atoms with Gasteiger partial charge in [0.05, 0.1) is 0 Å². The standard InChI is InChI=1S/C21H27BrN2S/c1-12-16-8-20-17(18-6-15(22)7-19(23-12)21(16)18)5-14(11-25-2)10-24(20)9-13-3-4-13/h6-7,13-14,17,20,23H,3-5,8-11H2,1-2H3/t14?,17-,20-/m1/s1. The van der Waals surface area contributed by atoms with Crippen molar-refractivity contribution >= 4 is 38.6 Å². The monoisotopic (exact) mass is 418 g/mol. The average molecular weight is 419 g/mol. The summed E-state index contributed by atoms with van der Waals surface area (Å²) in [6.07, 6.45) is 7.78. The number of hydrogen-bond donors (Lipinski definition) is 1. The number of hydrogen-bond acceptors (Lipinski definition) is 2. The Hall–Kier alpha value is -0.450. The van der Waals surface area contributed by atoms with Gasteiger partial charge in [-0.3, -0.25) is 4.90 Å². The molecule has 0 radical (unpaired) electrons. The second-order valence-electron chi connectivity index (χ2n) is 8.48. The summed E-state index contributed by atoms with van der Waals surface area (Å²) in [5, 5.41) is 1.54. The van der Waals surface area contributed by atoms with Gasteiger partial charge in [-0.1, -0.05) is 15.9 Å². The van der Waals surface area contributed by atoms with E-state index >= 15 is 0 Å². The highest BCUT2D eigenvalue weighted by atomic mass is 79.9. The van der Waals surface area contributed by atoms with Crippen LogP contribution in [0.3, 0.4) is 0 Å². The number of likely N-dealkylation sites (tertiary alicyclic amines) is 1. The van der Waals surface area contributed by atoms with Crippen molar-refractivity contribution in [3.63, 3.8) is 0 Å². The normalized spacial score (nSPS) is 29.2. The first-order chi connectivity index (χ1) is 12.1. The molecule has 2 aliphatic carbocycles. The van der Waals surface area contributed by atoms with Gasteiger partial charge in [0, 0.05) is 46.1 Å². The molecule has 1 saturated heterocycles. The summed E-state index contributed by atoms with van der Waals surface area (Å²) in [5.41, 5.74) is 5.90. The number of piperidine rings is 1. The van der Waals surface area contributed by atoms with Crippen molar-refractivity contribution < 1.29 is 0 Å². The number of benzene rings is 1. The second-order valence-corrected chi connectivity index (χ2v) is 10.3. The van der Waals surface area contributed by atoms with Crippen molar-refractivity contribution in [3.8, 4) is 0 Å². The molecule has 1 unspecified atom stereocenters. The van der Waals surface area contributed by atoms with Gasteiger partial charge in [0.1, 0.15) is 0 Å². The molecule has 1 N–H and O–H groups in total. The van der Waals surface area contributed by atoms with Crippen LogP contribution in [0, 0.1) is 18.8 Å². The van der Waals surface area contributed by atoms with Crippen molar-refractivity contribution in [1.29, 1.82) is 0 Å². The molecular weight excluding hydrogens is 392 g/mol. The lowest BCUT2D eigenvalue weighted by molar-refractivity contribution is 0.0876. The Morgan fingerprint density at radius 1 is 1.28 bits per heavy atom. The zero-order valence-electron chi connectivity index (χ0n) is 15.1. The third-order valence-corrected chi connectivity index (χ3v) is 7.89. The van der Waals surface area contributed by atoms with Crippen LogP contribution in [0.15, 0.2) is 16.6 Å². The summed E-state index contributed by atoms with van der Waals surface area (Å²) < 4.78 is 1.23. The minimum atomic E-state index is 0.701. The van der Waals surface area contributed by atoms with Crippen molar-refractivity contribution in [2.24, 2.45) is 11.8 Å². The number of fused-ring (bicyclic) bond motifs is 2. The number of H-pyrrole nitrogens is 1. The summed E-state index contributed by atoms with van der Waals surface area (Å²) in [6, 6.07) is 5.39. The highest BCUT2D eigenvalue weighted by molar-refractivity contribution is 9.10. The zero-order chi connectivity index (χ0) is 17.1. The smallest absolute Gasteiger partial charge is 0.0473 e. The van der Waals surface area contributed by atoms with Crippen LogP contribution in [0.5, 0.6) is 0 Å². The lowest BCUT2D eigenvalue weighted by Crippen LogP contribution is -2.51. The van der Waals surface area contributed by atoms with Crippen LogP contribution >= 0.6 is 27.7 Å². The largest absolute Gasteiger partial charge is 0.358 e. The van der Waals surface area contributed by atoms with E-state index in [-0.39, 0.29) is 0 Å². The summed E-state index contributed by atoms with van der Waals surface area (Å²) in [4.78, 5) is 6.54. The predicted molar refractivity (Wildman–Crippen MR) is 112 cm³/mol. The predicted octanol–water partition coefficient (Wildman–Crippen LogP) is 5.34. The molecule has 25 heavy (non-hydrogen) atoms. The van der Waals surface area contributed by atoms with Gasteiger partial charge in [-0.15, -0.1) is 0 Å². The average Bonchev–Trinajstić information content (AvgIpc) is 3.33. The maximum Gasteiger partial charge on any atom is 0.0473 e. The first kappa shape index (κ1) is 16.7. The molecule has 1 saturated carbocycles. The van der Waals surface area contributed by atoms with Crippen molar-refractivity contribution in [2.75, 3.05) is 25.1 Å². The maximum absolute atomic E-state index is 3.77. The number of thioether (sulfide) groups is 1. The van der Waals surface area contributed by atoms with Gasteiger partial charge in [0.15, 0.2) is 0 Å². The first-order valence-electron chi connectivity index (χ1n) is 9.67. The van der Waals surface area contributed by atoms with E-state index in [1.807, 2.05) is 11.8 Å². The van der Waals surface area contributed by atoms with Gasteiger partial charge in [-0.05, 0) is 79.7 Å². The fourth-order valence-electron chi connectivity index (χ4n) is 5.40. The van der Waals surface area contributed by atoms with Crippen LogP contribution < -0.4 is 0 Å². The van der Waals surface area contributed by atoms with Gasteiger partial charge in [0.25, 0.3) is 0 Å². The van der Waals surface area contributed by atoms with E-state index in [1.165, 1.54) is 65.6 Å². The van der Waals surface area contributed by atoms with Gasteiger partial charge in [-0.2, -0.15) is 11.8 Å². The molecule has 3 aliphatic rings. The van der Waals surface area contributed by atoms with Crippen molar-refractivity contribution in [3.05, 3.63) is 33.4 Å². The van der Waals surface area contributed by atoms with Crippen LogP contribution in [0.1, 0.15) is 42.0 Å². The minimum Gasteiger partial charge on any atom is -0.358 e. The molecule has 0 amide bonds. The molecule has 134 valence electrons. The number of nitrogens with one attached hydrogen (secondary N) is 1. The quantitative estimate of drug-likeness (QED) is 0.721. The van der Waals surface area contributed by atoms with Gasteiger partial charge in [0.2, 0.25) is 0 Å². The fraction of sp³-hybridized carbons (Fsp3) is 0.619. The Morgan fingerprint density at radius 3 is 2.88 bits per heavy atom. The molecule has 2 fully saturated rings. The molecule has 1 aromatic heterocycles. The lowest BCUT2D eigenvalue weighted by atomic mass is 9.72. The van der Waals surface area contributed by atoms with Gasteiger partial charge in [-0.25, -0.2) is 0 Å². The first-order valence-corrected chi connectivity index (χ1v) is 11.9. The Kier molecular flexibility index (Phi) is 4.22. The van der Waals surface area contributed by atoms with E-state index in [9.17, 15) is 0 Å². The number of nitrogens with zero attached hydrogens (tertiary/aromatic N) is 1. The zero-order valence-corrected chi connectivity index (χ0v) is 17.5. The molecule has 1 aliphatic heterocycles. The summed E-state index contributed by atoms with van der Waals surface area (Å²) in [7, 11) is 0. The molecule has 2 heterocycles. The third kappa shape index (κ3) is 2.89. The van der Waals surface area contributed by atoms with Crippen LogP contribution in [0.25, 0.3) is 10.9 Å². The summed E-state index contributed by atoms with van der Waals surface area (Å²) in [5.74, 6) is 3.82. The van der Waals surface area contributed by atoms with Crippen molar-refractivity contribution in [2.45, 2.75) is 44.6 Å². The Labute approximate surface area is 163 Å². The Bertz CT molecular complexity index is 810. The highest BCUT2D eigenvalue weighted by Crippen LogP contribution is 2.48. The van der Waals surface area contributed by atoms with Crippen LogP contribution in [-0.4, -0.2) is 41.0 Å². The number of aromatic nitrogens is 1. The molecule has 5 rings (SSSR count). The SMILES string of the molecule is CSCC1C[C@@H]2c3cc(Br)cc4[nH]c(C)c(c34)C[C@H]2N(CC2CC2)C1. The van der Waals surface area contributed by atoms with E-state index < -0.39 is 0 Å². The van der Waals surface area contributed by atoms with E-state index in [2.05, 4.69) is 51.1 Å². The summed E-state index contributed by atoms with van der Waals surface area (Å²) in [6.45, 7) is 4.91. The van der Waals surface area contributed by atoms with E-state index in [0.29, 0.717) is 12.0 Å². The van der Waals surface area contributed by atoms with Gasteiger partial charge < -0.3 is 4.98 Å². The number of aromatic amines is 1. The third-order valence-electron chi connectivity index (χ3n) is 6.63. The molecule has 3 atom stereocenters. The highest BCUT2D eigenvalue weighted by Gasteiger charge is 2.42. The van der Waals surface area contributed by atoms with Crippen LogP contribution in [0.2, 0.25) is 0 Å². The molecular formula is C21H27BrN2S. The second kappa shape index (κ2) is 6.31. The number of aryl methyl sites for hydroxylation is 1. The Balaban J connectivity index is 1.59. The van der Waals surface area contributed by atoms with E-state index in [4.69, 9.17) is 0 Å². The fourth-order valence-corrected chi connectivity index (χ4v) is 6.59. The topological polar surface area (TPSA) is 19.0 Å². The molecule has 1 aromatic carbocycles. The lowest BCUT2D eigenvalue weighted by Gasteiger charge is -2.47. The van der Waals surface area contributed by atoms with E-state index in [1.54, 1.807) is 11.1 Å². The summed E-state index contributed by atoms with van der Waals surface area (Å²) >= 11 is 5.80. The number of halogens is 1. The molecule has 2 aromatic rings. The maximum atomic E-state index is 3.77. The number of rotatable bonds is 4. The van der Waals surface area contributed by atoms with Crippen molar-refractivity contribution in [1.82, 2.24) is 9.88 Å². The van der Waals surface area contributed by atoms with Crippen LogP contribution in [0.4, 0.5) is 0 Å². The van der Waals surface area contributed by atoms with Gasteiger partial charge >= 0.3 is 0 Å². The van der Waals surface area contributed by atoms with Crippen LogP contribution in [-0.2, 0) is 6.42 Å². The Morgan fingerprint density at radius 2 is 2.12 bits per heavy atom. The minimum absolute atomic E-state index is 0.701. The molecule has 0 spiro atoms. The van der Waals surface area contributed by atoms with E-state index in [0.717, 1.165) is 11.8 Å².